The Kier molecular flexibility index (Phi) is 6.13. The van der Waals surface area contributed by atoms with Crippen molar-refractivity contribution in [3.05, 3.63) is 65.1 Å². The monoisotopic (exact) mass is 438 g/mol. The zero-order valence-electron chi connectivity index (χ0n) is 17.0. The second-order valence-corrected chi connectivity index (χ2v) is 8.08. The van der Waals surface area contributed by atoms with Crippen LogP contribution in [0.25, 0.3) is 0 Å². The van der Waals surface area contributed by atoms with Gasteiger partial charge < -0.3 is 14.2 Å². The Hall–Kier alpha value is -3.46. The van der Waals surface area contributed by atoms with E-state index >= 15 is 0 Å². The molecule has 1 aromatic carbocycles. The number of amides is 2. The van der Waals surface area contributed by atoms with Crippen LogP contribution in [0.4, 0.5) is 10.8 Å². The molecular weight excluding hydrogens is 416 g/mol. The normalized spacial score (nSPS) is 13.8. The Balaban J connectivity index is 1.28. The average Bonchev–Trinajstić information content (AvgIpc) is 3.46. The Morgan fingerprint density at radius 2 is 1.84 bits per heavy atom. The highest BCUT2D eigenvalue weighted by molar-refractivity contribution is 7.14. The molecule has 0 radical (unpaired) electrons. The van der Waals surface area contributed by atoms with Gasteiger partial charge in [-0.05, 0) is 43.3 Å². The van der Waals surface area contributed by atoms with Crippen LogP contribution in [-0.4, -0.2) is 53.7 Å². The molecule has 1 aliphatic heterocycles. The summed E-state index contributed by atoms with van der Waals surface area (Å²) in [7, 11) is 0. The number of thiazole rings is 1. The molecule has 1 saturated heterocycles. The van der Waals surface area contributed by atoms with Crippen molar-refractivity contribution in [1.29, 1.82) is 0 Å². The van der Waals surface area contributed by atoms with E-state index in [1.54, 1.807) is 24.4 Å². The van der Waals surface area contributed by atoms with Crippen LogP contribution >= 0.6 is 11.3 Å². The first-order valence-electron chi connectivity index (χ1n) is 9.92. The summed E-state index contributed by atoms with van der Waals surface area (Å²) in [6.07, 6.45) is 1.63. The van der Waals surface area contributed by atoms with Crippen molar-refractivity contribution in [2.24, 2.45) is 0 Å². The Labute approximate surface area is 183 Å². The molecule has 2 amide bonds. The van der Waals surface area contributed by atoms with E-state index in [2.05, 4.69) is 15.2 Å². The number of carbonyl (C=O) groups is 3. The maximum atomic E-state index is 12.7. The Bertz CT molecular complexity index is 1070. The van der Waals surface area contributed by atoms with Crippen molar-refractivity contribution >= 4 is 39.8 Å². The standard InChI is InChI=1S/C22H22N4O4S/c1-15(27)16-4-6-18(7-5-16)25-8-10-26(11-9-25)20(28)13-17-14-31-22(23-17)24-21(29)19-3-2-12-30-19/h2-7,12,14H,8-11,13H2,1H3,(H,23,24,29). The van der Waals surface area contributed by atoms with Crippen LogP contribution in [0.5, 0.6) is 0 Å². The molecule has 0 saturated carbocycles. The average molecular weight is 439 g/mol. The summed E-state index contributed by atoms with van der Waals surface area (Å²) in [5.41, 5.74) is 2.38. The quantitative estimate of drug-likeness (QED) is 0.594. The van der Waals surface area contributed by atoms with Crippen molar-refractivity contribution in [3.8, 4) is 0 Å². The number of carbonyl (C=O) groups excluding carboxylic acids is 3. The van der Waals surface area contributed by atoms with Gasteiger partial charge in [-0.3, -0.25) is 19.7 Å². The molecule has 1 N–H and O–H groups in total. The lowest BCUT2D eigenvalue weighted by Gasteiger charge is -2.36. The topological polar surface area (TPSA) is 95.8 Å². The zero-order chi connectivity index (χ0) is 21.8. The van der Waals surface area contributed by atoms with Crippen LogP contribution in [0.2, 0.25) is 0 Å². The fourth-order valence-corrected chi connectivity index (χ4v) is 4.11. The molecule has 8 nitrogen and oxygen atoms in total. The number of nitrogens with zero attached hydrogens (tertiary/aromatic N) is 3. The molecule has 1 aliphatic rings. The number of furan rings is 1. The zero-order valence-corrected chi connectivity index (χ0v) is 17.9. The van der Waals surface area contributed by atoms with Gasteiger partial charge in [0.25, 0.3) is 5.91 Å². The summed E-state index contributed by atoms with van der Waals surface area (Å²) in [5.74, 6) is -0.0974. The van der Waals surface area contributed by atoms with Gasteiger partial charge in [-0.1, -0.05) is 0 Å². The molecule has 0 unspecified atom stereocenters. The minimum Gasteiger partial charge on any atom is -0.459 e. The molecule has 9 heteroatoms. The number of Topliss-reactive ketones (excluding diaryl/α,β-unsaturated/α-hetero) is 1. The van der Waals surface area contributed by atoms with Crippen molar-refractivity contribution in [1.82, 2.24) is 9.88 Å². The van der Waals surface area contributed by atoms with Crippen LogP contribution < -0.4 is 10.2 Å². The van der Waals surface area contributed by atoms with E-state index in [4.69, 9.17) is 4.42 Å². The van der Waals surface area contributed by atoms with E-state index in [0.29, 0.717) is 29.5 Å². The first kappa shape index (κ1) is 20.8. The van der Waals surface area contributed by atoms with E-state index in [9.17, 15) is 14.4 Å². The first-order chi connectivity index (χ1) is 15.0. The van der Waals surface area contributed by atoms with Crippen molar-refractivity contribution in [2.75, 3.05) is 36.4 Å². The van der Waals surface area contributed by atoms with E-state index in [0.717, 1.165) is 18.8 Å². The van der Waals surface area contributed by atoms with Crippen molar-refractivity contribution in [3.63, 3.8) is 0 Å². The predicted octanol–water partition coefficient (Wildman–Crippen LogP) is 3.08. The van der Waals surface area contributed by atoms with Crippen LogP contribution in [0.1, 0.15) is 33.5 Å². The third-order valence-corrected chi connectivity index (χ3v) is 5.93. The van der Waals surface area contributed by atoms with Crippen LogP contribution in [0.3, 0.4) is 0 Å². The highest BCUT2D eigenvalue weighted by atomic mass is 32.1. The van der Waals surface area contributed by atoms with E-state index < -0.39 is 0 Å². The largest absolute Gasteiger partial charge is 0.459 e. The van der Waals surface area contributed by atoms with Crippen LogP contribution in [0, 0.1) is 0 Å². The van der Waals surface area contributed by atoms with Gasteiger partial charge in [0, 0.05) is 42.8 Å². The van der Waals surface area contributed by atoms with Gasteiger partial charge in [0.2, 0.25) is 5.91 Å². The lowest BCUT2D eigenvalue weighted by Crippen LogP contribution is -2.49. The highest BCUT2D eigenvalue weighted by Crippen LogP contribution is 2.20. The molecule has 31 heavy (non-hydrogen) atoms. The minimum absolute atomic E-state index is 0.0146. The molecule has 3 aromatic rings. The second-order valence-electron chi connectivity index (χ2n) is 7.22. The number of hydrogen-bond acceptors (Lipinski definition) is 7. The summed E-state index contributed by atoms with van der Waals surface area (Å²) in [6.45, 7) is 4.26. The molecule has 0 aliphatic carbocycles. The van der Waals surface area contributed by atoms with Crippen molar-refractivity contribution < 1.29 is 18.8 Å². The molecule has 0 bridgehead atoms. The van der Waals surface area contributed by atoms with E-state index in [-0.39, 0.29) is 29.8 Å². The predicted molar refractivity (Wildman–Crippen MR) is 118 cm³/mol. The maximum Gasteiger partial charge on any atom is 0.293 e. The van der Waals surface area contributed by atoms with Crippen LogP contribution in [-0.2, 0) is 11.2 Å². The van der Waals surface area contributed by atoms with E-state index in [1.165, 1.54) is 17.6 Å². The molecule has 160 valence electrons. The summed E-state index contributed by atoms with van der Waals surface area (Å²) in [5, 5.41) is 4.89. The number of ketones is 1. The summed E-state index contributed by atoms with van der Waals surface area (Å²) >= 11 is 1.28. The SMILES string of the molecule is CC(=O)c1ccc(N2CCN(C(=O)Cc3csc(NC(=O)c4ccco4)n3)CC2)cc1. The highest BCUT2D eigenvalue weighted by Gasteiger charge is 2.22. The Morgan fingerprint density at radius 1 is 1.10 bits per heavy atom. The lowest BCUT2D eigenvalue weighted by molar-refractivity contribution is -0.130. The van der Waals surface area contributed by atoms with Crippen molar-refractivity contribution in [2.45, 2.75) is 13.3 Å². The maximum absolute atomic E-state index is 12.7. The molecule has 3 heterocycles. The van der Waals surface area contributed by atoms with Gasteiger partial charge in [-0.2, -0.15) is 0 Å². The van der Waals surface area contributed by atoms with Gasteiger partial charge in [-0.15, -0.1) is 11.3 Å². The number of anilines is 2. The summed E-state index contributed by atoms with van der Waals surface area (Å²) < 4.78 is 5.06. The molecule has 1 fully saturated rings. The lowest BCUT2D eigenvalue weighted by atomic mass is 10.1. The van der Waals surface area contributed by atoms with Crippen LogP contribution in [0.15, 0.2) is 52.5 Å². The molecule has 0 atom stereocenters. The van der Waals surface area contributed by atoms with Gasteiger partial charge in [0.1, 0.15) is 0 Å². The number of benzene rings is 1. The summed E-state index contributed by atoms with van der Waals surface area (Å²) in [6, 6.07) is 10.8. The molecule has 4 rings (SSSR count). The number of aromatic nitrogens is 1. The molecule has 2 aromatic heterocycles. The molecule has 0 spiro atoms. The molecular formula is C22H22N4O4S. The number of nitrogens with one attached hydrogen (secondary N) is 1. The van der Waals surface area contributed by atoms with Gasteiger partial charge >= 0.3 is 0 Å². The number of piperazine rings is 1. The fraction of sp³-hybridized carbons (Fsp3) is 0.273. The third kappa shape index (κ3) is 5.00. The van der Waals surface area contributed by atoms with Gasteiger partial charge in [-0.25, -0.2) is 4.98 Å². The number of hydrogen-bond donors (Lipinski definition) is 1. The fourth-order valence-electron chi connectivity index (χ4n) is 3.40. The van der Waals surface area contributed by atoms with Gasteiger partial charge in [0.15, 0.2) is 16.7 Å². The Morgan fingerprint density at radius 3 is 2.48 bits per heavy atom. The first-order valence-corrected chi connectivity index (χ1v) is 10.8. The third-order valence-electron chi connectivity index (χ3n) is 5.12. The summed E-state index contributed by atoms with van der Waals surface area (Å²) in [4.78, 5) is 44.5. The minimum atomic E-state index is -0.371. The van der Waals surface area contributed by atoms with Gasteiger partial charge in [0.05, 0.1) is 18.4 Å². The second kappa shape index (κ2) is 9.13. The number of rotatable bonds is 6. The smallest absolute Gasteiger partial charge is 0.293 e. The van der Waals surface area contributed by atoms with E-state index in [1.807, 2.05) is 29.2 Å².